The fourth-order valence-electron chi connectivity index (χ4n) is 3.40. The fraction of sp³-hybridized carbons (Fsp3) is 0.500. The Morgan fingerprint density at radius 2 is 2.00 bits per heavy atom. The van der Waals surface area contributed by atoms with Crippen molar-refractivity contribution in [3.63, 3.8) is 0 Å². The molecule has 0 spiro atoms. The molecule has 0 bridgehead atoms. The van der Waals surface area contributed by atoms with Crippen molar-refractivity contribution in [2.75, 3.05) is 32.0 Å². The third-order valence-electron chi connectivity index (χ3n) is 4.82. The van der Waals surface area contributed by atoms with E-state index in [1.165, 1.54) is 5.56 Å². The summed E-state index contributed by atoms with van der Waals surface area (Å²) in [5.41, 5.74) is 7.76. The van der Waals surface area contributed by atoms with E-state index in [-0.39, 0.29) is 0 Å². The zero-order valence-electron chi connectivity index (χ0n) is 12.3. The number of fused-ring (bicyclic) bond motifs is 1. The van der Waals surface area contributed by atoms with Gasteiger partial charge in [-0.05, 0) is 49.5 Å². The minimum Gasteiger partial charge on any atom is -0.378 e. The summed E-state index contributed by atoms with van der Waals surface area (Å²) in [4.78, 5) is 10.9. The van der Waals surface area contributed by atoms with Crippen molar-refractivity contribution in [1.29, 1.82) is 0 Å². The van der Waals surface area contributed by atoms with Gasteiger partial charge in [0.2, 0.25) is 5.95 Å². The second-order valence-corrected chi connectivity index (χ2v) is 6.57. The van der Waals surface area contributed by atoms with Gasteiger partial charge in [-0.15, -0.1) is 0 Å². The third kappa shape index (κ3) is 2.53. The number of ether oxygens (including phenoxy) is 1. The number of likely N-dealkylation sites (tertiary alicyclic amines) is 1. The molecule has 2 saturated heterocycles. The van der Waals surface area contributed by atoms with E-state index < -0.39 is 0 Å². The van der Waals surface area contributed by atoms with Crippen LogP contribution in [-0.4, -0.2) is 47.2 Å². The summed E-state index contributed by atoms with van der Waals surface area (Å²) in [7, 11) is 0. The number of hydrogen-bond acceptors (Lipinski definition) is 5. The molecule has 6 heteroatoms. The van der Waals surface area contributed by atoms with Gasteiger partial charge in [0.25, 0.3) is 0 Å². The maximum atomic E-state index is 6.49. The molecule has 1 aromatic carbocycles. The summed E-state index contributed by atoms with van der Waals surface area (Å²) < 4.78 is 5.29. The van der Waals surface area contributed by atoms with Crippen LogP contribution < -0.4 is 5.73 Å². The molecule has 116 valence electrons. The number of nitrogens with two attached hydrogens (primary N) is 1. The molecule has 0 radical (unpaired) electrons. The van der Waals surface area contributed by atoms with Crippen LogP contribution in [0, 0.1) is 0 Å². The molecule has 3 heterocycles. The first kappa shape index (κ1) is 14.2. The number of nitrogens with zero attached hydrogens (tertiary/aromatic N) is 3. The lowest BCUT2D eigenvalue weighted by atomic mass is 9.88. The van der Waals surface area contributed by atoms with Crippen LogP contribution in [0.25, 0.3) is 10.9 Å². The smallest absolute Gasteiger partial charge is 0.220 e. The Kier molecular flexibility index (Phi) is 3.64. The van der Waals surface area contributed by atoms with E-state index in [1.54, 1.807) is 6.20 Å². The number of anilines is 1. The summed E-state index contributed by atoms with van der Waals surface area (Å²) in [6.45, 7) is 3.99. The van der Waals surface area contributed by atoms with E-state index in [0.717, 1.165) is 55.1 Å². The molecule has 4 rings (SSSR count). The summed E-state index contributed by atoms with van der Waals surface area (Å²) in [6, 6.07) is 4.67. The van der Waals surface area contributed by atoms with Crippen LogP contribution >= 0.6 is 11.6 Å². The molecular formula is C16H19ClN4O. The Morgan fingerprint density at radius 3 is 2.68 bits per heavy atom. The van der Waals surface area contributed by atoms with E-state index in [2.05, 4.69) is 20.9 Å². The van der Waals surface area contributed by atoms with Crippen LogP contribution in [0.5, 0.6) is 0 Å². The van der Waals surface area contributed by atoms with Gasteiger partial charge in [0.15, 0.2) is 0 Å². The number of aromatic nitrogens is 2. The lowest BCUT2D eigenvalue weighted by Crippen LogP contribution is -2.51. The molecule has 2 aromatic rings. The molecule has 0 atom stereocenters. The predicted molar refractivity (Wildman–Crippen MR) is 87.1 cm³/mol. The number of piperidine rings is 1. The van der Waals surface area contributed by atoms with Crippen molar-refractivity contribution in [3.8, 4) is 0 Å². The molecule has 0 unspecified atom stereocenters. The average molecular weight is 319 g/mol. The van der Waals surface area contributed by atoms with Crippen molar-refractivity contribution in [3.05, 3.63) is 28.9 Å². The van der Waals surface area contributed by atoms with Gasteiger partial charge in [-0.1, -0.05) is 11.6 Å². The largest absolute Gasteiger partial charge is 0.378 e. The van der Waals surface area contributed by atoms with Gasteiger partial charge >= 0.3 is 0 Å². The van der Waals surface area contributed by atoms with Crippen LogP contribution in [0.2, 0.25) is 5.02 Å². The Morgan fingerprint density at radius 1 is 1.23 bits per heavy atom. The molecule has 22 heavy (non-hydrogen) atoms. The minimum absolute atomic E-state index is 0.306. The van der Waals surface area contributed by atoms with Crippen LogP contribution in [0.4, 0.5) is 5.95 Å². The zero-order chi connectivity index (χ0) is 15.1. The van der Waals surface area contributed by atoms with Crippen molar-refractivity contribution in [2.24, 2.45) is 0 Å². The van der Waals surface area contributed by atoms with E-state index in [4.69, 9.17) is 22.1 Å². The van der Waals surface area contributed by atoms with Gasteiger partial charge in [-0.3, -0.25) is 4.90 Å². The Hall–Kier alpha value is -1.43. The van der Waals surface area contributed by atoms with E-state index >= 15 is 0 Å². The highest BCUT2D eigenvalue weighted by Crippen LogP contribution is 2.35. The predicted octanol–water partition coefficient (Wildman–Crippen LogP) is 2.44. The van der Waals surface area contributed by atoms with Crippen LogP contribution in [0.3, 0.4) is 0 Å². The summed E-state index contributed by atoms with van der Waals surface area (Å²) in [5.74, 6) is 0.797. The molecule has 1 aromatic heterocycles. The van der Waals surface area contributed by atoms with Gasteiger partial charge in [-0.25, -0.2) is 9.97 Å². The highest BCUT2D eigenvalue weighted by molar-refractivity contribution is 6.32. The summed E-state index contributed by atoms with van der Waals surface area (Å²) in [6.07, 6.45) is 3.98. The topological polar surface area (TPSA) is 64.3 Å². The first-order valence-corrected chi connectivity index (χ1v) is 8.12. The quantitative estimate of drug-likeness (QED) is 0.921. The lowest BCUT2D eigenvalue weighted by Gasteiger charge is -2.41. The third-order valence-corrected chi connectivity index (χ3v) is 5.15. The number of rotatable bonds is 2. The lowest BCUT2D eigenvalue weighted by molar-refractivity contribution is -0.0712. The van der Waals surface area contributed by atoms with Crippen molar-refractivity contribution in [2.45, 2.75) is 24.8 Å². The highest BCUT2D eigenvalue weighted by Gasteiger charge is 2.30. The average Bonchev–Trinajstić information content (AvgIpc) is 2.46. The van der Waals surface area contributed by atoms with Gasteiger partial charge in [-0.2, -0.15) is 0 Å². The van der Waals surface area contributed by atoms with E-state index in [9.17, 15) is 0 Å². The standard InChI is InChI=1S/C16H19ClN4O/c17-14-5-11-7-19-16(18)20-15(11)6-13(14)10-1-3-21(4-2-10)12-8-22-9-12/h5-7,10,12H,1-4,8-9H2,(H2,18,19,20). The van der Waals surface area contributed by atoms with Crippen LogP contribution in [0.15, 0.2) is 18.3 Å². The maximum Gasteiger partial charge on any atom is 0.220 e. The molecular weight excluding hydrogens is 300 g/mol. The van der Waals surface area contributed by atoms with Crippen molar-refractivity contribution in [1.82, 2.24) is 14.9 Å². The fourth-order valence-corrected chi connectivity index (χ4v) is 3.73. The van der Waals surface area contributed by atoms with E-state index in [0.29, 0.717) is 17.9 Å². The van der Waals surface area contributed by atoms with Gasteiger partial charge in [0, 0.05) is 16.6 Å². The SMILES string of the molecule is Nc1ncc2cc(Cl)c(C3CCN(C4COC4)CC3)cc2n1. The van der Waals surface area contributed by atoms with Crippen LogP contribution in [0.1, 0.15) is 24.3 Å². The molecule has 2 aliphatic rings. The summed E-state index contributed by atoms with van der Waals surface area (Å²) in [5, 5.41) is 1.75. The minimum atomic E-state index is 0.306. The molecule has 0 aliphatic carbocycles. The monoisotopic (exact) mass is 318 g/mol. The van der Waals surface area contributed by atoms with Crippen molar-refractivity contribution >= 4 is 28.5 Å². The number of hydrogen-bond donors (Lipinski definition) is 1. The molecule has 2 N–H and O–H groups in total. The van der Waals surface area contributed by atoms with Gasteiger partial charge in [0.05, 0.1) is 24.8 Å². The zero-order valence-corrected chi connectivity index (χ0v) is 13.1. The molecule has 0 amide bonds. The van der Waals surface area contributed by atoms with Gasteiger partial charge < -0.3 is 10.5 Å². The second kappa shape index (κ2) is 5.65. The molecule has 2 aliphatic heterocycles. The van der Waals surface area contributed by atoms with E-state index in [1.807, 2.05) is 6.07 Å². The normalized spacial score (nSPS) is 21.1. The van der Waals surface area contributed by atoms with Crippen LogP contribution in [-0.2, 0) is 4.74 Å². The molecule has 5 nitrogen and oxygen atoms in total. The Labute approximate surface area is 134 Å². The Bertz CT molecular complexity index is 696. The second-order valence-electron chi connectivity index (χ2n) is 6.16. The molecule has 0 saturated carbocycles. The number of benzene rings is 1. The molecule has 2 fully saturated rings. The van der Waals surface area contributed by atoms with Gasteiger partial charge in [0.1, 0.15) is 0 Å². The number of nitrogen functional groups attached to an aromatic ring is 1. The Balaban J connectivity index is 1.57. The maximum absolute atomic E-state index is 6.49. The van der Waals surface area contributed by atoms with Crippen molar-refractivity contribution < 1.29 is 4.74 Å². The highest BCUT2D eigenvalue weighted by atomic mass is 35.5. The number of halogens is 1. The summed E-state index contributed by atoms with van der Waals surface area (Å²) >= 11 is 6.49. The first-order chi connectivity index (χ1) is 10.7. The first-order valence-electron chi connectivity index (χ1n) is 7.74.